The Morgan fingerprint density at radius 3 is 1.90 bits per heavy atom. The van der Waals surface area contributed by atoms with Crippen LogP contribution in [0, 0.1) is 5.82 Å². The van der Waals surface area contributed by atoms with E-state index in [0.717, 1.165) is 29.7 Å². The number of benzene rings is 2. The minimum Gasteiger partial charge on any atom is -0.496 e. The van der Waals surface area contributed by atoms with E-state index in [0.29, 0.717) is 11.5 Å². The van der Waals surface area contributed by atoms with E-state index in [9.17, 15) is 4.39 Å². The zero-order valence-electron chi connectivity index (χ0n) is 12.5. The molecule has 0 aromatic heterocycles. The maximum absolute atomic E-state index is 12.9. The lowest BCUT2D eigenvalue weighted by Crippen LogP contribution is -1.99. The maximum atomic E-state index is 12.9. The number of ether oxygens (including phenoxy) is 3. The van der Waals surface area contributed by atoms with Crippen LogP contribution < -0.4 is 14.2 Å². The number of methoxy groups -OCH3 is 3. The van der Waals surface area contributed by atoms with Gasteiger partial charge in [-0.2, -0.15) is 0 Å². The average molecular weight is 290 g/mol. The first-order chi connectivity index (χ1) is 10.2. The van der Waals surface area contributed by atoms with Crippen molar-refractivity contribution in [3.05, 3.63) is 53.3 Å². The third kappa shape index (κ3) is 3.66. The van der Waals surface area contributed by atoms with Crippen molar-refractivity contribution in [2.45, 2.75) is 12.8 Å². The molecule has 0 spiro atoms. The molecule has 0 heterocycles. The molecule has 112 valence electrons. The molecule has 4 heteroatoms. The Morgan fingerprint density at radius 1 is 0.762 bits per heavy atom. The standard InChI is InChI=1S/C17H19FO3/c1-19-15-11-17(21-3)16(20-2)10-13(15)7-4-12-5-8-14(18)9-6-12/h5-6,8-11H,4,7H2,1-3H3. The Labute approximate surface area is 124 Å². The van der Waals surface area contributed by atoms with Crippen molar-refractivity contribution in [3.8, 4) is 17.2 Å². The van der Waals surface area contributed by atoms with Crippen molar-refractivity contribution in [3.63, 3.8) is 0 Å². The molecular weight excluding hydrogens is 271 g/mol. The van der Waals surface area contributed by atoms with Gasteiger partial charge in [0.2, 0.25) is 0 Å². The van der Waals surface area contributed by atoms with E-state index in [1.807, 2.05) is 12.1 Å². The van der Waals surface area contributed by atoms with Gasteiger partial charge in [0, 0.05) is 6.07 Å². The minimum atomic E-state index is -0.220. The molecule has 2 aromatic rings. The first kappa shape index (κ1) is 15.2. The maximum Gasteiger partial charge on any atom is 0.164 e. The van der Waals surface area contributed by atoms with E-state index in [1.54, 1.807) is 33.5 Å². The highest BCUT2D eigenvalue weighted by atomic mass is 19.1. The van der Waals surface area contributed by atoms with Crippen LogP contribution in [0.15, 0.2) is 36.4 Å². The molecule has 0 aliphatic carbocycles. The van der Waals surface area contributed by atoms with Gasteiger partial charge in [0.1, 0.15) is 11.6 Å². The van der Waals surface area contributed by atoms with Crippen molar-refractivity contribution in [2.75, 3.05) is 21.3 Å². The Kier molecular flexibility index (Phi) is 5.04. The Bertz CT molecular complexity index is 594. The topological polar surface area (TPSA) is 27.7 Å². The molecule has 0 radical (unpaired) electrons. The molecule has 0 aliphatic rings. The summed E-state index contributed by atoms with van der Waals surface area (Å²) in [6.45, 7) is 0. The van der Waals surface area contributed by atoms with Crippen LogP contribution in [0.5, 0.6) is 17.2 Å². The van der Waals surface area contributed by atoms with Gasteiger partial charge in [0.15, 0.2) is 11.5 Å². The van der Waals surface area contributed by atoms with Crippen LogP contribution in [0.3, 0.4) is 0 Å². The van der Waals surface area contributed by atoms with E-state index in [2.05, 4.69) is 0 Å². The second-order valence-corrected chi connectivity index (χ2v) is 4.65. The molecule has 0 amide bonds. The zero-order chi connectivity index (χ0) is 15.2. The summed E-state index contributed by atoms with van der Waals surface area (Å²) in [5.74, 6) is 1.85. The van der Waals surface area contributed by atoms with E-state index < -0.39 is 0 Å². The fourth-order valence-corrected chi connectivity index (χ4v) is 2.22. The number of aryl methyl sites for hydroxylation is 2. The monoisotopic (exact) mass is 290 g/mol. The lowest BCUT2D eigenvalue weighted by atomic mass is 10.0. The van der Waals surface area contributed by atoms with Crippen molar-refractivity contribution < 1.29 is 18.6 Å². The molecule has 2 aromatic carbocycles. The van der Waals surface area contributed by atoms with Crippen molar-refractivity contribution in [2.24, 2.45) is 0 Å². The van der Waals surface area contributed by atoms with Crippen LogP contribution in [-0.4, -0.2) is 21.3 Å². The van der Waals surface area contributed by atoms with Gasteiger partial charge in [0.05, 0.1) is 21.3 Å². The molecule has 0 saturated carbocycles. The predicted molar refractivity (Wildman–Crippen MR) is 79.9 cm³/mol. The summed E-state index contributed by atoms with van der Waals surface area (Å²) in [4.78, 5) is 0. The average Bonchev–Trinajstić information content (AvgIpc) is 2.53. The van der Waals surface area contributed by atoms with E-state index in [4.69, 9.17) is 14.2 Å². The van der Waals surface area contributed by atoms with Gasteiger partial charge >= 0.3 is 0 Å². The summed E-state index contributed by atoms with van der Waals surface area (Å²) >= 11 is 0. The Hall–Kier alpha value is -2.23. The number of halogens is 1. The molecule has 0 atom stereocenters. The van der Waals surface area contributed by atoms with Crippen molar-refractivity contribution in [1.29, 1.82) is 0 Å². The molecule has 0 unspecified atom stereocenters. The molecule has 0 saturated heterocycles. The van der Waals surface area contributed by atoms with Crippen molar-refractivity contribution >= 4 is 0 Å². The SMILES string of the molecule is COc1cc(OC)c(OC)cc1CCc1ccc(F)cc1. The number of hydrogen-bond acceptors (Lipinski definition) is 3. The first-order valence-corrected chi connectivity index (χ1v) is 6.71. The molecular formula is C17H19FO3. The molecule has 21 heavy (non-hydrogen) atoms. The quantitative estimate of drug-likeness (QED) is 0.813. The minimum absolute atomic E-state index is 0.220. The highest BCUT2D eigenvalue weighted by molar-refractivity contribution is 5.51. The summed E-state index contributed by atoms with van der Waals surface area (Å²) in [7, 11) is 4.83. The van der Waals surface area contributed by atoms with Gasteiger partial charge in [-0.15, -0.1) is 0 Å². The van der Waals surface area contributed by atoms with Crippen LogP contribution in [-0.2, 0) is 12.8 Å². The normalized spacial score (nSPS) is 10.3. The van der Waals surface area contributed by atoms with Gasteiger partial charge in [-0.1, -0.05) is 12.1 Å². The van der Waals surface area contributed by atoms with Gasteiger partial charge in [-0.3, -0.25) is 0 Å². The zero-order valence-corrected chi connectivity index (χ0v) is 12.5. The fraction of sp³-hybridized carbons (Fsp3) is 0.294. The van der Waals surface area contributed by atoms with E-state index in [-0.39, 0.29) is 5.82 Å². The summed E-state index contributed by atoms with van der Waals surface area (Å²) < 4.78 is 28.9. The largest absolute Gasteiger partial charge is 0.496 e. The van der Waals surface area contributed by atoms with Crippen LogP contribution in [0.1, 0.15) is 11.1 Å². The van der Waals surface area contributed by atoms with Gasteiger partial charge in [0.25, 0.3) is 0 Å². The van der Waals surface area contributed by atoms with Crippen molar-refractivity contribution in [1.82, 2.24) is 0 Å². The van der Waals surface area contributed by atoms with E-state index in [1.165, 1.54) is 12.1 Å². The Morgan fingerprint density at radius 2 is 1.33 bits per heavy atom. The van der Waals surface area contributed by atoms with Gasteiger partial charge in [-0.05, 0) is 42.2 Å². The van der Waals surface area contributed by atoms with Crippen LogP contribution in [0.2, 0.25) is 0 Å². The summed E-state index contributed by atoms with van der Waals surface area (Å²) in [5, 5.41) is 0. The molecule has 0 N–H and O–H groups in total. The van der Waals surface area contributed by atoms with E-state index >= 15 is 0 Å². The second-order valence-electron chi connectivity index (χ2n) is 4.65. The fourth-order valence-electron chi connectivity index (χ4n) is 2.22. The number of hydrogen-bond donors (Lipinski definition) is 0. The molecule has 3 nitrogen and oxygen atoms in total. The third-order valence-corrected chi connectivity index (χ3v) is 3.38. The Balaban J connectivity index is 2.20. The predicted octanol–water partition coefficient (Wildman–Crippen LogP) is 3.64. The lowest BCUT2D eigenvalue weighted by molar-refractivity contribution is 0.347. The summed E-state index contributed by atoms with van der Waals surface area (Å²) in [5.41, 5.74) is 2.10. The smallest absolute Gasteiger partial charge is 0.164 e. The van der Waals surface area contributed by atoms with Gasteiger partial charge in [-0.25, -0.2) is 4.39 Å². The van der Waals surface area contributed by atoms with Crippen LogP contribution >= 0.6 is 0 Å². The summed E-state index contributed by atoms with van der Waals surface area (Å²) in [6, 6.07) is 10.3. The molecule has 0 aliphatic heterocycles. The molecule has 0 bridgehead atoms. The third-order valence-electron chi connectivity index (χ3n) is 3.38. The first-order valence-electron chi connectivity index (χ1n) is 6.71. The molecule has 0 fully saturated rings. The molecule has 2 rings (SSSR count). The lowest BCUT2D eigenvalue weighted by Gasteiger charge is -2.14. The second kappa shape index (κ2) is 6.97. The highest BCUT2D eigenvalue weighted by Crippen LogP contribution is 2.35. The van der Waals surface area contributed by atoms with Crippen LogP contribution in [0.4, 0.5) is 4.39 Å². The number of rotatable bonds is 6. The van der Waals surface area contributed by atoms with Crippen LogP contribution in [0.25, 0.3) is 0 Å². The highest BCUT2D eigenvalue weighted by Gasteiger charge is 2.11. The van der Waals surface area contributed by atoms with Gasteiger partial charge < -0.3 is 14.2 Å². The summed E-state index contributed by atoms with van der Waals surface area (Å²) in [6.07, 6.45) is 1.57.